The highest BCUT2D eigenvalue weighted by Gasteiger charge is 2.06. The third kappa shape index (κ3) is 4.07. The maximum absolute atomic E-state index is 12.9. The number of carbonyl (C=O) groups excluding carboxylic acids is 1. The van der Waals surface area contributed by atoms with Crippen molar-refractivity contribution in [2.45, 2.75) is 12.8 Å². The van der Waals surface area contributed by atoms with Gasteiger partial charge in [-0.05, 0) is 48.2 Å². The molecule has 2 aromatic carbocycles. The highest BCUT2D eigenvalue weighted by molar-refractivity contribution is 5.94. The van der Waals surface area contributed by atoms with Crippen molar-refractivity contribution in [3.8, 4) is 11.1 Å². The van der Waals surface area contributed by atoms with E-state index in [0.717, 1.165) is 29.5 Å². The Balaban J connectivity index is 1.52. The number of rotatable bonds is 6. The zero-order valence-corrected chi connectivity index (χ0v) is 13.0. The molecule has 0 unspecified atom stereocenters. The highest BCUT2D eigenvalue weighted by atomic mass is 19.1. The molecule has 1 N–H and O–H groups in total. The molecule has 1 heterocycles. The number of amides is 1. The second kappa shape index (κ2) is 7.55. The lowest BCUT2D eigenvalue weighted by Gasteiger charge is -2.06. The fraction of sp³-hybridized carbons (Fsp3) is 0.158. The predicted octanol–water partition coefficient (Wildman–Crippen LogP) is 3.84. The summed E-state index contributed by atoms with van der Waals surface area (Å²) in [7, 11) is 0. The Morgan fingerprint density at radius 3 is 2.33 bits per heavy atom. The average Bonchev–Trinajstić information content (AvgIpc) is 3.13. The molecule has 24 heavy (non-hydrogen) atoms. The first kappa shape index (κ1) is 15.9. The number of carbonyl (C=O) groups is 1. The molecule has 5 heteroatoms. The summed E-state index contributed by atoms with van der Waals surface area (Å²) in [6, 6.07) is 13.5. The lowest BCUT2D eigenvalue weighted by molar-refractivity contribution is 0.0953. The van der Waals surface area contributed by atoms with Gasteiger partial charge in [-0.3, -0.25) is 4.79 Å². The molecule has 1 amide bonds. The fourth-order valence-corrected chi connectivity index (χ4v) is 2.40. The van der Waals surface area contributed by atoms with Gasteiger partial charge in [-0.15, -0.1) is 0 Å². The van der Waals surface area contributed by atoms with Crippen LogP contribution in [0.2, 0.25) is 0 Å². The lowest BCUT2D eigenvalue weighted by Crippen LogP contribution is -2.24. The van der Waals surface area contributed by atoms with Crippen molar-refractivity contribution < 1.29 is 13.7 Å². The summed E-state index contributed by atoms with van der Waals surface area (Å²) in [5, 5.41) is 6.53. The molecule has 1 aromatic heterocycles. The molecule has 0 aliphatic carbocycles. The number of nitrogens with zero attached hydrogens (tertiary/aromatic N) is 1. The second-order valence-electron chi connectivity index (χ2n) is 5.48. The minimum Gasteiger partial charge on any atom is -0.364 e. The SMILES string of the molecule is O=C(NCCCc1cnoc1)c1ccc(-c2ccc(F)cc2)cc1. The lowest BCUT2D eigenvalue weighted by atomic mass is 10.0. The average molecular weight is 324 g/mol. The summed E-state index contributed by atoms with van der Waals surface area (Å²) in [6.45, 7) is 0.587. The Morgan fingerprint density at radius 1 is 1.04 bits per heavy atom. The van der Waals surface area contributed by atoms with Gasteiger partial charge in [0.25, 0.3) is 5.91 Å². The van der Waals surface area contributed by atoms with E-state index in [-0.39, 0.29) is 11.7 Å². The Bertz CT molecular complexity index is 781. The molecule has 3 rings (SSSR count). The van der Waals surface area contributed by atoms with Gasteiger partial charge < -0.3 is 9.84 Å². The van der Waals surface area contributed by atoms with E-state index >= 15 is 0 Å². The van der Waals surface area contributed by atoms with Gasteiger partial charge in [-0.25, -0.2) is 4.39 Å². The van der Waals surface area contributed by atoms with Crippen molar-refractivity contribution in [3.63, 3.8) is 0 Å². The second-order valence-corrected chi connectivity index (χ2v) is 5.48. The number of benzene rings is 2. The van der Waals surface area contributed by atoms with Crippen molar-refractivity contribution in [1.82, 2.24) is 10.5 Å². The molecule has 0 spiro atoms. The standard InChI is InChI=1S/C19H17FN2O2/c20-18-9-7-16(8-10-18)15-3-5-17(6-4-15)19(23)21-11-1-2-14-12-22-24-13-14/h3-10,12-13H,1-2,11H2,(H,21,23). The Morgan fingerprint density at radius 2 is 1.71 bits per heavy atom. The number of halogens is 1. The van der Waals surface area contributed by atoms with Crippen LogP contribution in [-0.2, 0) is 6.42 Å². The fourth-order valence-electron chi connectivity index (χ4n) is 2.40. The van der Waals surface area contributed by atoms with E-state index in [4.69, 9.17) is 4.52 Å². The summed E-state index contributed by atoms with van der Waals surface area (Å²) in [5.74, 6) is -0.369. The first-order valence-electron chi connectivity index (χ1n) is 7.75. The summed E-state index contributed by atoms with van der Waals surface area (Å²) in [6.07, 6.45) is 4.92. The summed E-state index contributed by atoms with van der Waals surface area (Å²) in [4.78, 5) is 12.1. The van der Waals surface area contributed by atoms with E-state index in [0.29, 0.717) is 12.1 Å². The Kier molecular flexibility index (Phi) is 5.01. The van der Waals surface area contributed by atoms with Gasteiger partial charge in [0.05, 0.1) is 6.20 Å². The molecule has 4 nitrogen and oxygen atoms in total. The van der Waals surface area contributed by atoms with Crippen LogP contribution in [0.25, 0.3) is 11.1 Å². The van der Waals surface area contributed by atoms with Crippen molar-refractivity contribution in [2.75, 3.05) is 6.54 Å². The minimum atomic E-state index is -0.263. The first-order chi connectivity index (χ1) is 11.7. The smallest absolute Gasteiger partial charge is 0.251 e. The van der Waals surface area contributed by atoms with Gasteiger partial charge in [0, 0.05) is 17.7 Å². The van der Waals surface area contributed by atoms with Crippen LogP contribution in [0.3, 0.4) is 0 Å². The van der Waals surface area contributed by atoms with E-state index in [2.05, 4.69) is 10.5 Å². The number of aryl methyl sites for hydroxylation is 1. The summed E-state index contributed by atoms with van der Waals surface area (Å²) in [5.41, 5.74) is 3.48. The van der Waals surface area contributed by atoms with E-state index in [1.807, 2.05) is 12.1 Å². The first-order valence-corrected chi connectivity index (χ1v) is 7.75. The Hall–Kier alpha value is -2.95. The monoisotopic (exact) mass is 324 g/mol. The zero-order chi connectivity index (χ0) is 16.8. The molecule has 0 atom stereocenters. The van der Waals surface area contributed by atoms with Crippen LogP contribution in [0.15, 0.2) is 65.5 Å². The van der Waals surface area contributed by atoms with E-state index in [1.165, 1.54) is 12.1 Å². The van der Waals surface area contributed by atoms with E-state index in [1.54, 1.807) is 36.7 Å². The highest BCUT2D eigenvalue weighted by Crippen LogP contribution is 2.20. The topological polar surface area (TPSA) is 55.1 Å². The van der Waals surface area contributed by atoms with Gasteiger partial charge in [0.15, 0.2) is 0 Å². The minimum absolute atomic E-state index is 0.106. The third-order valence-electron chi connectivity index (χ3n) is 3.74. The molecule has 0 fully saturated rings. The number of hydrogen-bond donors (Lipinski definition) is 1. The molecular formula is C19H17FN2O2. The van der Waals surface area contributed by atoms with Crippen molar-refractivity contribution in [3.05, 3.63) is 77.9 Å². The van der Waals surface area contributed by atoms with Crippen LogP contribution in [0.5, 0.6) is 0 Å². The molecule has 0 aliphatic rings. The Labute approximate surface area is 139 Å². The third-order valence-corrected chi connectivity index (χ3v) is 3.74. The molecule has 0 aliphatic heterocycles. The van der Waals surface area contributed by atoms with Crippen LogP contribution >= 0.6 is 0 Å². The van der Waals surface area contributed by atoms with Crippen molar-refractivity contribution in [2.24, 2.45) is 0 Å². The zero-order valence-electron chi connectivity index (χ0n) is 13.0. The summed E-state index contributed by atoms with van der Waals surface area (Å²) < 4.78 is 17.7. The predicted molar refractivity (Wildman–Crippen MR) is 89.0 cm³/mol. The van der Waals surface area contributed by atoms with Crippen molar-refractivity contribution in [1.29, 1.82) is 0 Å². The number of nitrogens with one attached hydrogen (secondary N) is 1. The van der Waals surface area contributed by atoms with Gasteiger partial charge >= 0.3 is 0 Å². The van der Waals surface area contributed by atoms with E-state index in [9.17, 15) is 9.18 Å². The van der Waals surface area contributed by atoms with E-state index < -0.39 is 0 Å². The quantitative estimate of drug-likeness (QED) is 0.701. The largest absolute Gasteiger partial charge is 0.364 e. The van der Waals surface area contributed by atoms with Gasteiger partial charge in [-0.2, -0.15) is 0 Å². The van der Waals surface area contributed by atoms with Crippen LogP contribution < -0.4 is 5.32 Å². The van der Waals surface area contributed by atoms with Crippen LogP contribution in [0, 0.1) is 5.82 Å². The molecule has 0 saturated heterocycles. The van der Waals surface area contributed by atoms with Crippen LogP contribution in [0.1, 0.15) is 22.3 Å². The summed E-state index contributed by atoms with van der Waals surface area (Å²) >= 11 is 0. The van der Waals surface area contributed by atoms with Gasteiger partial charge in [0.1, 0.15) is 12.1 Å². The van der Waals surface area contributed by atoms with Crippen LogP contribution in [0.4, 0.5) is 4.39 Å². The van der Waals surface area contributed by atoms with Crippen LogP contribution in [-0.4, -0.2) is 17.6 Å². The van der Waals surface area contributed by atoms with Gasteiger partial charge in [0.2, 0.25) is 0 Å². The maximum atomic E-state index is 12.9. The molecule has 0 saturated carbocycles. The molecular weight excluding hydrogens is 307 g/mol. The molecule has 122 valence electrons. The van der Waals surface area contributed by atoms with Crippen molar-refractivity contribution >= 4 is 5.91 Å². The number of aromatic nitrogens is 1. The maximum Gasteiger partial charge on any atom is 0.251 e. The normalized spacial score (nSPS) is 10.5. The van der Waals surface area contributed by atoms with Gasteiger partial charge in [-0.1, -0.05) is 29.4 Å². The molecule has 0 radical (unpaired) electrons. The molecule has 0 bridgehead atoms. The molecule has 3 aromatic rings. The number of hydrogen-bond acceptors (Lipinski definition) is 3.